The molecular weight excluding hydrogens is 620 g/mol. The van der Waals surface area contributed by atoms with Gasteiger partial charge in [0.15, 0.2) is 6.10 Å². The van der Waals surface area contributed by atoms with Gasteiger partial charge in [-0.05, 0) is 89.9 Å². The highest BCUT2D eigenvalue weighted by molar-refractivity contribution is 5.70. The number of carbonyl (C=O) groups excluding carboxylic acids is 2. The number of unbranched alkanes of at least 4 members (excludes halogenated alkanes) is 7. The van der Waals surface area contributed by atoms with Crippen LogP contribution in [0.5, 0.6) is 0 Å². The zero-order valence-corrected chi connectivity index (χ0v) is 31.6. The van der Waals surface area contributed by atoms with E-state index in [2.05, 4.69) is 111 Å². The van der Waals surface area contributed by atoms with Crippen LogP contribution in [0, 0.1) is 0 Å². The van der Waals surface area contributed by atoms with Crippen LogP contribution in [0.2, 0.25) is 0 Å². The Kier molecular flexibility index (Phi) is 37.2. The van der Waals surface area contributed by atoms with Gasteiger partial charge in [0, 0.05) is 12.8 Å². The number of carbonyl (C=O) groups is 2. The molecule has 50 heavy (non-hydrogen) atoms. The molecule has 0 amide bonds. The third-order valence-electron chi connectivity index (χ3n) is 7.55. The fourth-order valence-corrected chi connectivity index (χ4v) is 4.59. The van der Waals surface area contributed by atoms with Crippen molar-refractivity contribution in [2.45, 2.75) is 148 Å². The molecule has 0 aliphatic heterocycles. The first-order chi connectivity index (χ1) is 24.6. The summed E-state index contributed by atoms with van der Waals surface area (Å²) in [5.41, 5.74) is 0. The summed E-state index contributed by atoms with van der Waals surface area (Å²) in [6.45, 7) is 3.94. The zero-order valence-electron chi connectivity index (χ0n) is 31.6. The Bertz CT molecular complexity index is 1050. The third kappa shape index (κ3) is 37.4. The molecule has 5 heteroatoms. The van der Waals surface area contributed by atoms with Crippen molar-refractivity contribution in [2.75, 3.05) is 13.2 Å². The number of aliphatic hydroxyl groups excluding tert-OH is 1. The van der Waals surface area contributed by atoms with Gasteiger partial charge in [-0.15, -0.1) is 0 Å². The van der Waals surface area contributed by atoms with Crippen LogP contribution in [0.3, 0.4) is 0 Å². The van der Waals surface area contributed by atoms with E-state index in [1.807, 2.05) is 12.2 Å². The number of rotatable bonds is 33. The summed E-state index contributed by atoms with van der Waals surface area (Å²) in [5.74, 6) is -0.766. The first-order valence-corrected chi connectivity index (χ1v) is 19.4. The van der Waals surface area contributed by atoms with Crippen LogP contribution in [0.1, 0.15) is 142 Å². The molecule has 0 aromatic carbocycles. The standard InChI is InChI=1S/C45H70O5/c1-3-5-7-9-11-13-15-17-19-21-22-24-26-28-30-32-34-36-38-40-45(48)50-43(41-46)42-49-44(47)39-37-35-33-31-29-27-25-23-20-18-16-14-12-10-8-6-4-2/h11-14,17-20,22,24-25,27-28,30-31,33-34,36,43,46H,3-10,15-16,21,23,26,29,32,35,37-42H2,1-2H3. The molecule has 1 unspecified atom stereocenters. The molecule has 0 saturated heterocycles. The van der Waals surface area contributed by atoms with Crippen LogP contribution in [0.25, 0.3) is 0 Å². The molecular formula is C45H70O5. The minimum Gasteiger partial charge on any atom is -0.462 e. The second-order valence-electron chi connectivity index (χ2n) is 12.3. The molecule has 0 rings (SSSR count). The van der Waals surface area contributed by atoms with E-state index in [4.69, 9.17) is 9.47 Å². The predicted molar refractivity (Wildman–Crippen MR) is 214 cm³/mol. The van der Waals surface area contributed by atoms with Crippen molar-refractivity contribution in [2.24, 2.45) is 0 Å². The lowest BCUT2D eigenvalue weighted by atomic mass is 10.2. The highest BCUT2D eigenvalue weighted by Crippen LogP contribution is 2.06. The molecule has 0 saturated carbocycles. The second kappa shape index (κ2) is 40.0. The first-order valence-electron chi connectivity index (χ1n) is 19.4. The normalized spacial score (nSPS) is 13.4. The first kappa shape index (κ1) is 46.6. The van der Waals surface area contributed by atoms with Crippen molar-refractivity contribution >= 4 is 11.9 Å². The number of aliphatic hydroxyl groups is 1. The molecule has 0 aromatic rings. The lowest BCUT2D eigenvalue weighted by Gasteiger charge is -2.15. The van der Waals surface area contributed by atoms with Crippen molar-refractivity contribution in [1.82, 2.24) is 0 Å². The van der Waals surface area contributed by atoms with Gasteiger partial charge in [0.1, 0.15) is 6.61 Å². The Balaban J connectivity index is 3.83. The number of esters is 2. The molecule has 0 aromatic heterocycles. The summed E-state index contributed by atoms with van der Waals surface area (Å²) in [6, 6.07) is 0. The number of allylic oxidation sites excluding steroid dienone is 18. The minimum absolute atomic E-state index is 0.132. The van der Waals surface area contributed by atoms with Gasteiger partial charge in [0.2, 0.25) is 0 Å². The summed E-state index contributed by atoms with van der Waals surface area (Å²) in [4.78, 5) is 24.2. The summed E-state index contributed by atoms with van der Waals surface area (Å²) in [6.07, 6.45) is 57.3. The molecule has 1 atom stereocenters. The summed E-state index contributed by atoms with van der Waals surface area (Å²) in [5, 5.41) is 9.53. The van der Waals surface area contributed by atoms with Gasteiger partial charge in [0.05, 0.1) is 6.61 Å². The average Bonchev–Trinajstić information content (AvgIpc) is 3.12. The maximum Gasteiger partial charge on any atom is 0.306 e. The van der Waals surface area contributed by atoms with Gasteiger partial charge in [-0.1, -0.05) is 149 Å². The van der Waals surface area contributed by atoms with Crippen molar-refractivity contribution in [1.29, 1.82) is 0 Å². The number of hydrogen-bond acceptors (Lipinski definition) is 5. The Hall–Kier alpha value is -3.44. The molecule has 5 nitrogen and oxygen atoms in total. The van der Waals surface area contributed by atoms with E-state index in [1.165, 1.54) is 51.4 Å². The van der Waals surface area contributed by atoms with E-state index in [0.29, 0.717) is 12.8 Å². The zero-order chi connectivity index (χ0) is 36.4. The molecule has 0 radical (unpaired) electrons. The molecule has 0 bridgehead atoms. The topological polar surface area (TPSA) is 72.8 Å². The lowest BCUT2D eigenvalue weighted by Crippen LogP contribution is -2.28. The van der Waals surface area contributed by atoms with E-state index in [1.54, 1.807) is 0 Å². The lowest BCUT2D eigenvalue weighted by molar-refractivity contribution is -0.161. The van der Waals surface area contributed by atoms with E-state index < -0.39 is 12.1 Å². The summed E-state index contributed by atoms with van der Waals surface area (Å²) in [7, 11) is 0. The fraction of sp³-hybridized carbons (Fsp3) is 0.556. The monoisotopic (exact) mass is 691 g/mol. The van der Waals surface area contributed by atoms with Crippen LogP contribution in [-0.4, -0.2) is 36.4 Å². The third-order valence-corrected chi connectivity index (χ3v) is 7.55. The average molecular weight is 691 g/mol. The van der Waals surface area contributed by atoms with E-state index >= 15 is 0 Å². The van der Waals surface area contributed by atoms with Crippen LogP contribution in [0.15, 0.2) is 109 Å². The SMILES string of the molecule is CCCCCC=CCC=CCC=CCC=CCC=CCCC(=O)OC(CO)COC(=O)CCCC=CCC=CCC=CCC=CCCCCC. The van der Waals surface area contributed by atoms with Crippen molar-refractivity contribution in [3.8, 4) is 0 Å². The van der Waals surface area contributed by atoms with Gasteiger partial charge >= 0.3 is 11.9 Å². The van der Waals surface area contributed by atoms with E-state index in [0.717, 1.165) is 51.4 Å². The highest BCUT2D eigenvalue weighted by atomic mass is 16.6. The molecule has 0 fully saturated rings. The Morgan fingerprint density at radius 3 is 1.20 bits per heavy atom. The van der Waals surface area contributed by atoms with Gasteiger partial charge in [-0.25, -0.2) is 0 Å². The van der Waals surface area contributed by atoms with Gasteiger partial charge in [0.25, 0.3) is 0 Å². The van der Waals surface area contributed by atoms with Gasteiger partial charge in [-0.2, -0.15) is 0 Å². The van der Waals surface area contributed by atoms with Crippen LogP contribution in [-0.2, 0) is 19.1 Å². The quantitative estimate of drug-likeness (QED) is 0.0421. The molecule has 0 heterocycles. The second-order valence-corrected chi connectivity index (χ2v) is 12.3. The molecule has 0 spiro atoms. The van der Waals surface area contributed by atoms with Crippen molar-refractivity contribution < 1.29 is 24.2 Å². The molecule has 0 aliphatic rings. The van der Waals surface area contributed by atoms with Gasteiger partial charge in [-0.3, -0.25) is 9.59 Å². The molecule has 1 N–H and O–H groups in total. The predicted octanol–water partition coefficient (Wildman–Crippen LogP) is 12.3. The maximum absolute atomic E-state index is 12.1. The van der Waals surface area contributed by atoms with Crippen LogP contribution in [0.4, 0.5) is 0 Å². The summed E-state index contributed by atoms with van der Waals surface area (Å²) >= 11 is 0. The highest BCUT2D eigenvalue weighted by Gasteiger charge is 2.15. The van der Waals surface area contributed by atoms with Crippen LogP contribution >= 0.6 is 0 Å². The maximum atomic E-state index is 12.1. The number of hydrogen-bond donors (Lipinski definition) is 1. The fourth-order valence-electron chi connectivity index (χ4n) is 4.59. The molecule has 280 valence electrons. The smallest absolute Gasteiger partial charge is 0.306 e. The minimum atomic E-state index is -0.840. The molecule has 0 aliphatic carbocycles. The Morgan fingerprint density at radius 1 is 0.460 bits per heavy atom. The summed E-state index contributed by atoms with van der Waals surface area (Å²) < 4.78 is 10.5. The van der Waals surface area contributed by atoms with Crippen molar-refractivity contribution in [3.05, 3.63) is 109 Å². The van der Waals surface area contributed by atoms with E-state index in [9.17, 15) is 14.7 Å². The van der Waals surface area contributed by atoms with Crippen LogP contribution < -0.4 is 0 Å². The largest absolute Gasteiger partial charge is 0.462 e. The Labute approximate surface area is 306 Å². The number of ether oxygens (including phenoxy) is 2. The Morgan fingerprint density at radius 2 is 0.820 bits per heavy atom. The van der Waals surface area contributed by atoms with Gasteiger partial charge < -0.3 is 14.6 Å². The van der Waals surface area contributed by atoms with Crippen molar-refractivity contribution in [3.63, 3.8) is 0 Å². The van der Waals surface area contributed by atoms with E-state index in [-0.39, 0.29) is 32.0 Å².